The summed E-state index contributed by atoms with van der Waals surface area (Å²) >= 11 is 0. The molecule has 2 N–H and O–H groups in total. The van der Waals surface area contributed by atoms with E-state index in [4.69, 9.17) is 5.11 Å². The SMILES string of the molecule is CCCN1CC(C)(C)NCC1CCO. The minimum absolute atomic E-state index is 0.223. The van der Waals surface area contributed by atoms with E-state index in [1.54, 1.807) is 0 Å². The predicted octanol–water partition coefficient (Wildman–Crippen LogP) is 0.831. The molecule has 1 aliphatic heterocycles. The van der Waals surface area contributed by atoms with Gasteiger partial charge in [0.15, 0.2) is 0 Å². The molecule has 0 amide bonds. The lowest BCUT2D eigenvalue weighted by Crippen LogP contribution is -2.61. The molecule has 1 rings (SSSR count). The zero-order valence-corrected chi connectivity index (χ0v) is 9.71. The first-order chi connectivity index (χ1) is 6.59. The highest BCUT2D eigenvalue weighted by atomic mass is 16.3. The quantitative estimate of drug-likeness (QED) is 0.705. The second-order valence-corrected chi connectivity index (χ2v) is 4.90. The maximum Gasteiger partial charge on any atom is 0.0446 e. The van der Waals surface area contributed by atoms with Crippen LogP contribution in [0.4, 0.5) is 0 Å². The van der Waals surface area contributed by atoms with Crippen LogP contribution in [0.3, 0.4) is 0 Å². The van der Waals surface area contributed by atoms with Crippen molar-refractivity contribution in [3.63, 3.8) is 0 Å². The standard InChI is InChI=1S/C11H24N2O/c1-4-6-13-9-11(2,3)12-8-10(13)5-7-14/h10,12,14H,4-9H2,1-3H3. The third-order valence-corrected chi connectivity index (χ3v) is 2.90. The van der Waals surface area contributed by atoms with Gasteiger partial charge < -0.3 is 10.4 Å². The third-order valence-electron chi connectivity index (χ3n) is 2.90. The van der Waals surface area contributed by atoms with E-state index in [0.717, 1.165) is 26.1 Å². The van der Waals surface area contributed by atoms with Crippen LogP contribution in [0.5, 0.6) is 0 Å². The molecule has 0 saturated carbocycles. The van der Waals surface area contributed by atoms with E-state index in [1.807, 2.05) is 0 Å². The van der Waals surface area contributed by atoms with E-state index in [2.05, 4.69) is 31.0 Å². The summed E-state index contributed by atoms with van der Waals surface area (Å²) in [5, 5.41) is 12.5. The molecular formula is C11H24N2O. The van der Waals surface area contributed by atoms with E-state index in [0.29, 0.717) is 12.6 Å². The van der Waals surface area contributed by atoms with Gasteiger partial charge in [0.2, 0.25) is 0 Å². The second kappa shape index (κ2) is 5.10. The minimum Gasteiger partial charge on any atom is -0.396 e. The molecule has 0 aromatic carbocycles. The maximum atomic E-state index is 8.98. The highest BCUT2D eigenvalue weighted by Gasteiger charge is 2.31. The van der Waals surface area contributed by atoms with Crippen LogP contribution in [0.2, 0.25) is 0 Å². The van der Waals surface area contributed by atoms with Crippen molar-refractivity contribution in [2.24, 2.45) is 0 Å². The first-order valence-corrected chi connectivity index (χ1v) is 5.69. The van der Waals surface area contributed by atoms with Gasteiger partial charge in [-0.3, -0.25) is 4.90 Å². The molecule has 1 aliphatic rings. The van der Waals surface area contributed by atoms with E-state index < -0.39 is 0 Å². The largest absolute Gasteiger partial charge is 0.396 e. The number of piperazine rings is 1. The number of nitrogens with zero attached hydrogens (tertiary/aromatic N) is 1. The highest BCUT2D eigenvalue weighted by Crippen LogP contribution is 2.17. The number of hydrogen-bond donors (Lipinski definition) is 2. The zero-order valence-electron chi connectivity index (χ0n) is 9.71. The van der Waals surface area contributed by atoms with Crippen LogP contribution in [0.15, 0.2) is 0 Å². The van der Waals surface area contributed by atoms with Crippen LogP contribution >= 0.6 is 0 Å². The Morgan fingerprint density at radius 2 is 2.21 bits per heavy atom. The van der Waals surface area contributed by atoms with Crippen molar-refractivity contribution in [1.82, 2.24) is 10.2 Å². The highest BCUT2D eigenvalue weighted by molar-refractivity contribution is 4.91. The Balaban J connectivity index is 2.51. The summed E-state index contributed by atoms with van der Waals surface area (Å²) in [5.74, 6) is 0. The van der Waals surface area contributed by atoms with Crippen molar-refractivity contribution in [2.75, 3.05) is 26.2 Å². The maximum absolute atomic E-state index is 8.98. The molecule has 84 valence electrons. The van der Waals surface area contributed by atoms with Crippen molar-refractivity contribution in [1.29, 1.82) is 0 Å². The smallest absolute Gasteiger partial charge is 0.0446 e. The number of rotatable bonds is 4. The fourth-order valence-corrected chi connectivity index (χ4v) is 2.20. The van der Waals surface area contributed by atoms with Gasteiger partial charge >= 0.3 is 0 Å². The summed E-state index contributed by atoms with van der Waals surface area (Å²) in [6.45, 7) is 10.2. The molecule has 1 fully saturated rings. The third kappa shape index (κ3) is 3.23. The molecule has 0 bridgehead atoms. The molecule has 3 nitrogen and oxygen atoms in total. The van der Waals surface area contributed by atoms with Crippen molar-refractivity contribution >= 4 is 0 Å². The molecule has 0 radical (unpaired) electrons. The average Bonchev–Trinajstić information content (AvgIpc) is 2.10. The lowest BCUT2D eigenvalue weighted by atomic mass is 9.97. The van der Waals surface area contributed by atoms with Gasteiger partial charge in [0.25, 0.3) is 0 Å². The summed E-state index contributed by atoms with van der Waals surface area (Å²) in [7, 11) is 0. The first-order valence-electron chi connectivity index (χ1n) is 5.69. The molecule has 1 unspecified atom stereocenters. The van der Waals surface area contributed by atoms with Gasteiger partial charge in [-0.2, -0.15) is 0 Å². The first kappa shape index (κ1) is 12.0. The van der Waals surface area contributed by atoms with Crippen LogP contribution in [-0.4, -0.2) is 47.8 Å². The minimum atomic E-state index is 0.223. The van der Waals surface area contributed by atoms with Crippen molar-refractivity contribution in [3.8, 4) is 0 Å². The Morgan fingerprint density at radius 1 is 1.50 bits per heavy atom. The van der Waals surface area contributed by atoms with E-state index in [-0.39, 0.29) is 5.54 Å². The molecule has 14 heavy (non-hydrogen) atoms. The van der Waals surface area contributed by atoms with Crippen molar-refractivity contribution in [2.45, 2.75) is 45.2 Å². The van der Waals surface area contributed by atoms with Crippen LogP contribution in [0.1, 0.15) is 33.6 Å². The van der Waals surface area contributed by atoms with Gasteiger partial charge in [0, 0.05) is 31.3 Å². The second-order valence-electron chi connectivity index (χ2n) is 4.90. The zero-order chi connectivity index (χ0) is 10.6. The van der Waals surface area contributed by atoms with Gasteiger partial charge in [-0.05, 0) is 33.2 Å². The average molecular weight is 200 g/mol. The van der Waals surface area contributed by atoms with Gasteiger partial charge in [-0.15, -0.1) is 0 Å². The number of nitrogens with one attached hydrogen (secondary N) is 1. The van der Waals surface area contributed by atoms with Gasteiger partial charge in [0.05, 0.1) is 0 Å². The summed E-state index contributed by atoms with van der Waals surface area (Å²) in [6, 6.07) is 0.521. The Morgan fingerprint density at radius 3 is 2.79 bits per heavy atom. The lowest BCUT2D eigenvalue weighted by molar-refractivity contribution is 0.0781. The monoisotopic (exact) mass is 200 g/mol. The predicted molar refractivity (Wildman–Crippen MR) is 59.4 cm³/mol. The number of hydrogen-bond acceptors (Lipinski definition) is 3. The van der Waals surface area contributed by atoms with E-state index >= 15 is 0 Å². The van der Waals surface area contributed by atoms with Crippen molar-refractivity contribution < 1.29 is 5.11 Å². The number of aliphatic hydroxyl groups excluding tert-OH is 1. The van der Waals surface area contributed by atoms with Gasteiger partial charge in [-0.25, -0.2) is 0 Å². The number of aliphatic hydroxyl groups is 1. The lowest BCUT2D eigenvalue weighted by Gasteiger charge is -2.44. The molecule has 0 aliphatic carbocycles. The molecule has 0 aromatic heterocycles. The Bertz CT molecular complexity index is 171. The van der Waals surface area contributed by atoms with Gasteiger partial charge in [0.1, 0.15) is 0 Å². The van der Waals surface area contributed by atoms with Crippen LogP contribution < -0.4 is 5.32 Å². The normalized spacial score (nSPS) is 27.9. The van der Waals surface area contributed by atoms with Crippen LogP contribution in [0, 0.1) is 0 Å². The van der Waals surface area contributed by atoms with E-state index in [1.165, 1.54) is 6.42 Å². The Labute approximate surface area is 87.5 Å². The fraction of sp³-hybridized carbons (Fsp3) is 1.00. The molecule has 1 heterocycles. The van der Waals surface area contributed by atoms with Crippen LogP contribution in [0.25, 0.3) is 0 Å². The molecular weight excluding hydrogens is 176 g/mol. The van der Waals surface area contributed by atoms with Crippen LogP contribution in [-0.2, 0) is 0 Å². The molecule has 1 atom stereocenters. The van der Waals surface area contributed by atoms with Gasteiger partial charge in [-0.1, -0.05) is 6.92 Å². The molecule has 0 spiro atoms. The Kier molecular flexibility index (Phi) is 4.35. The summed E-state index contributed by atoms with van der Waals surface area (Å²) < 4.78 is 0. The fourth-order valence-electron chi connectivity index (χ4n) is 2.20. The molecule has 0 aromatic rings. The van der Waals surface area contributed by atoms with Crippen molar-refractivity contribution in [3.05, 3.63) is 0 Å². The van der Waals surface area contributed by atoms with E-state index in [9.17, 15) is 0 Å². The summed E-state index contributed by atoms with van der Waals surface area (Å²) in [4.78, 5) is 2.51. The topological polar surface area (TPSA) is 35.5 Å². The molecule has 3 heteroatoms. The Hall–Kier alpha value is -0.120. The molecule has 1 saturated heterocycles. The summed E-state index contributed by atoms with van der Waals surface area (Å²) in [6.07, 6.45) is 2.08. The summed E-state index contributed by atoms with van der Waals surface area (Å²) in [5.41, 5.74) is 0.223.